The van der Waals surface area contributed by atoms with E-state index in [9.17, 15) is 19.2 Å². The van der Waals surface area contributed by atoms with Crippen molar-refractivity contribution in [2.75, 3.05) is 232 Å². The molecular formula is C110H121N29O9. The van der Waals surface area contributed by atoms with Crippen LogP contribution in [0.15, 0.2) is 220 Å². The van der Waals surface area contributed by atoms with Gasteiger partial charge in [0, 0.05) is 237 Å². The van der Waals surface area contributed by atoms with Crippen LogP contribution in [0.5, 0.6) is 0 Å². The van der Waals surface area contributed by atoms with E-state index in [4.69, 9.17) is 23.7 Å². The van der Waals surface area contributed by atoms with Gasteiger partial charge in [0.1, 0.15) is 23.3 Å². The third-order valence-electron chi connectivity index (χ3n) is 28.0. The van der Waals surface area contributed by atoms with Crippen LogP contribution in [0.2, 0.25) is 0 Å². The molecule has 8 N–H and O–H groups in total. The van der Waals surface area contributed by atoms with E-state index in [1.165, 1.54) is 32.1 Å². The highest BCUT2D eigenvalue weighted by Crippen LogP contribution is 2.35. The molecule has 4 aromatic carbocycles. The number of fused-ring (bicyclic) bond motifs is 4. The SMILES string of the molecule is CN1CCN(c2ccc(NC(=O)c3n[nH]c4ccc(-c5cncc(CN6CCOCC6)c5)cc34)cn2)CC1.O=C(Nc1ccc(N2CCCC2)nc1)c1n[nH]c2ccc(-c3cncc(CN4CCOCC4)c3)cc12.O=C(Nc1ccc(N2CCCCC2)nc1)c1n[nH]c2ccc(-c3cncc(CN4CCOCC4)c3)cc12.O=C(Nc1ccc(N2CCOCC2)nc1)c1n[nH]c2ccc(-c3cncc(CN4CCOCC4)c3)cc12. The predicted octanol–water partition coefficient (Wildman–Crippen LogP) is 13.6. The minimum absolute atomic E-state index is 0.268. The first-order chi connectivity index (χ1) is 72.8. The molecule has 38 nitrogen and oxygen atoms in total. The van der Waals surface area contributed by atoms with Gasteiger partial charge in [-0.05, 0) is 205 Å². The lowest BCUT2D eigenvalue weighted by atomic mass is 10.0. The lowest BCUT2D eigenvalue weighted by molar-refractivity contribution is 0.0341. The lowest BCUT2D eigenvalue weighted by Crippen LogP contribution is -2.44. The Morgan fingerprint density at radius 2 is 0.500 bits per heavy atom. The number of aromatic amines is 4. The Bertz CT molecular complexity index is 7010. The zero-order valence-corrected chi connectivity index (χ0v) is 83.0. The molecule has 8 aliphatic rings. The molecule has 760 valence electrons. The summed E-state index contributed by atoms with van der Waals surface area (Å²) in [5, 5.41) is 44.0. The van der Waals surface area contributed by atoms with E-state index in [1.54, 1.807) is 24.8 Å². The molecule has 0 bridgehead atoms. The van der Waals surface area contributed by atoms with Crippen molar-refractivity contribution in [3.63, 3.8) is 0 Å². The summed E-state index contributed by atoms with van der Waals surface area (Å²) < 4.78 is 27.2. The molecule has 0 atom stereocenters. The molecule has 148 heavy (non-hydrogen) atoms. The van der Waals surface area contributed by atoms with Crippen LogP contribution in [0.25, 0.3) is 88.1 Å². The predicted molar refractivity (Wildman–Crippen MR) is 571 cm³/mol. The van der Waals surface area contributed by atoms with Crippen LogP contribution < -0.4 is 40.9 Å². The normalized spacial score (nSPS) is 16.8. The quantitative estimate of drug-likeness (QED) is 0.0278. The largest absolute Gasteiger partial charge is 0.379 e. The van der Waals surface area contributed by atoms with E-state index in [0.29, 0.717) is 58.7 Å². The average molecular weight is 1990 g/mol. The molecule has 12 aromatic heterocycles. The summed E-state index contributed by atoms with van der Waals surface area (Å²) in [5.74, 6) is 2.60. The second kappa shape index (κ2) is 47.4. The number of anilines is 8. The monoisotopic (exact) mass is 1990 g/mol. The van der Waals surface area contributed by atoms with Crippen molar-refractivity contribution >= 4 is 113 Å². The smallest absolute Gasteiger partial charge is 0.276 e. The number of pyridine rings is 8. The Morgan fingerprint density at radius 3 is 0.757 bits per heavy atom. The maximum atomic E-state index is 13.2. The van der Waals surface area contributed by atoms with Crippen molar-refractivity contribution in [2.24, 2.45) is 0 Å². The van der Waals surface area contributed by atoms with Crippen LogP contribution in [-0.2, 0) is 49.9 Å². The maximum absolute atomic E-state index is 13.2. The number of ether oxygens (including phenoxy) is 5. The number of carbonyl (C=O) groups excluding carboxylic acids is 4. The zero-order chi connectivity index (χ0) is 100. The van der Waals surface area contributed by atoms with Crippen molar-refractivity contribution in [2.45, 2.75) is 58.3 Å². The molecule has 4 amide bonds. The lowest BCUT2D eigenvalue weighted by Gasteiger charge is -2.33. The highest BCUT2D eigenvalue weighted by molar-refractivity contribution is 6.15. The van der Waals surface area contributed by atoms with E-state index in [0.717, 1.165) is 330 Å². The number of morpholine rings is 5. The average Bonchev–Trinajstić information content (AvgIpc) is 1.66. The van der Waals surface area contributed by atoms with E-state index in [-0.39, 0.29) is 23.6 Å². The molecule has 0 aliphatic carbocycles. The number of carbonyl (C=O) groups is 4. The summed E-state index contributed by atoms with van der Waals surface area (Å²) in [6, 6.07) is 47.9. The van der Waals surface area contributed by atoms with Gasteiger partial charge in [-0.15, -0.1) is 0 Å². The number of hydrogen-bond donors (Lipinski definition) is 8. The van der Waals surface area contributed by atoms with Crippen molar-refractivity contribution in [1.29, 1.82) is 0 Å². The van der Waals surface area contributed by atoms with Crippen LogP contribution in [0.4, 0.5) is 46.0 Å². The third-order valence-corrected chi connectivity index (χ3v) is 28.0. The standard InChI is InChI=1S/C28H32N8O2.C28H31N7O2.C27H29N7O3.C27H29N7O2/c1-34-6-8-36(9-7-34)26-5-3-23(18-30-26)31-28(37)27-24-15-21(2-4-25(24)32-33-27)22-14-20(16-29-17-22)19-35-10-12-38-13-11-35;36-28(31-23-5-7-26(30-18-23)35-8-2-1-3-9-35)27-24-15-21(4-6-25(24)32-33-27)22-14-20(16-29-17-22)19-34-10-12-37-13-11-34;35-27(30-22-2-4-25(29-17-22)34-7-11-37-12-8-34)26-23-14-20(1-3-24(23)31-32-26)21-13-19(15-28-16-21)18-33-5-9-36-10-6-33;35-27(30-22-4-6-25(29-17-22)34-7-1-2-8-34)26-23-14-20(3-5-24(23)31-32-26)21-13-19(15-28-16-21)18-33-9-11-36-12-10-33/h2-5,14-18H,6-13,19H2,1H3,(H,31,37)(H,32,33);4-7,14-18H,1-3,8-13,19H2,(H,31,36)(H,32,33);1-4,13-17H,5-12,18H2,(H,30,35)(H,31,32);3-6,13-17H,1-2,7-12,18H2,(H,30,35)(H,31,32). The number of likely N-dealkylation sites (N-methyl/N-ethyl adjacent to an activating group) is 1. The fourth-order valence-electron chi connectivity index (χ4n) is 19.7. The van der Waals surface area contributed by atoms with Gasteiger partial charge in [0.15, 0.2) is 22.8 Å². The summed E-state index contributed by atoms with van der Waals surface area (Å²) in [4.78, 5) is 109. The number of amides is 4. The van der Waals surface area contributed by atoms with Gasteiger partial charge in [-0.25, -0.2) is 19.9 Å². The van der Waals surface area contributed by atoms with Gasteiger partial charge in [0.25, 0.3) is 23.6 Å². The van der Waals surface area contributed by atoms with E-state index >= 15 is 0 Å². The van der Waals surface area contributed by atoms with Crippen molar-refractivity contribution in [3.8, 4) is 44.5 Å². The molecule has 24 rings (SSSR count). The molecule has 16 aromatic rings. The second-order valence-electron chi connectivity index (χ2n) is 38.3. The minimum Gasteiger partial charge on any atom is -0.379 e. The number of aromatic nitrogens is 16. The molecule has 0 spiro atoms. The maximum Gasteiger partial charge on any atom is 0.276 e. The number of rotatable bonds is 24. The fraction of sp³-hybridized carbons (Fsp3) is 0.345. The van der Waals surface area contributed by atoms with Gasteiger partial charge in [-0.1, -0.05) is 24.3 Å². The summed E-state index contributed by atoms with van der Waals surface area (Å²) in [6.07, 6.45) is 28.0. The van der Waals surface area contributed by atoms with E-state index in [2.05, 4.69) is 177 Å². The Morgan fingerprint density at radius 1 is 0.257 bits per heavy atom. The number of hydrogen-bond acceptors (Lipinski definition) is 30. The number of piperidine rings is 1. The number of nitrogens with one attached hydrogen (secondary N) is 8. The Hall–Kier alpha value is -15.4. The number of H-pyrrole nitrogens is 4. The summed E-state index contributed by atoms with van der Waals surface area (Å²) >= 11 is 0. The molecular weight excluding hydrogens is 1870 g/mol. The molecule has 0 saturated carbocycles. The Kier molecular flexibility index (Phi) is 31.6. The van der Waals surface area contributed by atoms with Crippen LogP contribution in [0.3, 0.4) is 0 Å². The first-order valence-electron chi connectivity index (χ1n) is 51.1. The fourth-order valence-corrected chi connectivity index (χ4v) is 19.7. The molecule has 38 heteroatoms. The molecule has 0 radical (unpaired) electrons. The van der Waals surface area contributed by atoms with Gasteiger partial charge >= 0.3 is 0 Å². The number of nitrogens with zero attached hydrogens (tertiary/aromatic N) is 21. The summed E-state index contributed by atoms with van der Waals surface area (Å²) in [7, 11) is 2.13. The molecule has 8 aliphatic heterocycles. The van der Waals surface area contributed by atoms with E-state index < -0.39 is 0 Å². The van der Waals surface area contributed by atoms with Gasteiger partial charge in [0.2, 0.25) is 0 Å². The van der Waals surface area contributed by atoms with Crippen molar-refractivity contribution < 1.29 is 42.9 Å². The van der Waals surface area contributed by atoms with Crippen LogP contribution in [0, 0.1) is 0 Å². The van der Waals surface area contributed by atoms with Crippen molar-refractivity contribution in [3.05, 3.63) is 265 Å². The Balaban J connectivity index is 0.000000116. The number of benzene rings is 4. The molecule has 0 unspecified atom stereocenters. The van der Waals surface area contributed by atoms with Crippen LogP contribution >= 0.6 is 0 Å². The van der Waals surface area contributed by atoms with Gasteiger partial charge in [-0.2, -0.15) is 20.4 Å². The first-order valence-corrected chi connectivity index (χ1v) is 51.1. The van der Waals surface area contributed by atoms with E-state index in [1.807, 2.05) is 171 Å². The topological polar surface area (TPSA) is 410 Å². The first kappa shape index (κ1) is 98.7. The second-order valence-corrected chi connectivity index (χ2v) is 38.3. The van der Waals surface area contributed by atoms with Crippen LogP contribution in [-0.4, -0.2) is 320 Å². The third kappa shape index (κ3) is 24.8. The molecule has 8 saturated heterocycles. The molecule has 8 fully saturated rings. The Labute approximate surface area is 856 Å². The molecule has 20 heterocycles. The summed E-state index contributed by atoms with van der Waals surface area (Å²) in [5.41, 5.74) is 19.8. The minimum atomic E-state index is -0.288. The zero-order valence-electron chi connectivity index (χ0n) is 83.0. The number of piperazine rings is 1. The van der Waals surface area contributed by atoms with Gasteiger partial charge in [0.05, 0.1) is 136 Å². The van der Waals surface area contributed by atoms with Gasteiger partial charge in [-0.3, -0.25) is 79.1 Å². The van der Waals surface area contributed by atoms with Crippen LogP contribution in [0.1, 0.15) is 96.3 Å². The summed E-state index contributed by atoms with van der Waals surface area (Å²) in [6.45, 7) is 28.0. The highest BCUT2D eigenvalue weighted by atomic mass is 16.5. The van der Waals surface area contributed by atoms with Gasteiger partial charge < -0.3 is 69.5 Å². The van der Waals surface area contributed by atoms with Crippen molar-refractivity contribution in [1.82, 2.24) is 105 Å². The highest BCUT2D eigenvalue weighted by Gasteiger charge is 2.27.